The quantitative estimate of drug-likeness (QED) is 0.886. The van der Waals surface area contributed by atoms with Crippen molar-refractivity contribution in [1.29, 1.82) is 0 Å². The Bertz CT molecular complexity index is 384. The molecular weight excluding hydrogens is 300 g/mol. The van der Waals surface area contributed by atoms with E-state index < -0.39 is 0 Å². The molecule has 0 aliphatic carbocycles. The van der Waals surface area contributed by atoms with E-state index in [1.54, 1.807) is 0 Å². The summed E-state index contributed by atoms with van der Waals surface area (Å²) < 4.78 is 1.18. The van der Waals surface area contributed by atoms with Crippen LogP contribution in [0.5, 0.6) is 0 Å². The first-order chi connectivity index (χ1) is 9.31. The van der Waals surface area contributed by atoms with Crippen molar-refractivity contribution in [3.8, 4) is 0 Å². The molecule has 0 radical (unpaired) electrons. The van der Waals surface area contributed by atoms with Crippen molar-refractivity contribution in [2.75, 3.05) is 24.5 Å². The van der Waals surface area contributed by atoms with Crippen LogP contribution < -0.4 is 10.2 Å². The van der Waals surface area contributed by atoms with Crippen LogP contribution in [0.2, 0.25) is 0 Å². The van der Waals surface area contributed by atoms with Crippen LogP contribution in [-0.2, 0) is 6.54 Å². The molecular formula is C16H25BrN2. The maximum Gasteiger partial charge on any atom is 0.0412 e. The van der Waals surface area contributed by atoms with Gasteiger partial charge in [0.15, 0.2) is 0 Å². The number of nitrogens with zero attached hydrogens (tertiary/aromatic N) is 1. The monoisotopic (exact) mass is 324 g/mol. The van der Waals surface area contributed by atoms with E-state index in [1.807, 2.05) is 0 Å². The molecule has 0 amide bonds. The Hall–Kier alpha value is -0.540. The summed E-state index contributed by atoms with van der Waals surface area (Å²) in [6.07, 6.45) is 6.84. The Balaban J connectivity index is 2.15. The Morgan fingerprint density at radius 3 is 2.47 bits per heavy atom. The van der Waals surface area contributed by atoms with Crippen molar-refractivity contribution in [2.45, 2.75) is 45.6 Å². The minimum atomic E-state index is 0.960. The number of rotatable bonds is 4. The van der Waals surface area contributed by atoms with Gasteiger partial charge in [0.1, 0.15) is 0 Å². The van der Waals surface area contributed by atoms with E-state index in [2.05, 4.69) is 51.3 Å². The van der Waals surface area contributed by atoms with E-state index in [9.17, 15) is 0 Å². The van der Waals surface area contributed by atoms with Crippen molar-refractivity contribution in [3.05, 3.63) is 28.2 Å². The molecule has 1 fully saturated rings. The molecule has 19 heavy (non-hydrogen) atoms. The van der Waals surface area contributed by atoms with E-state index in [1.165, 1.54) is 60.9 Å². The minimum Gasteiger partial charge on any atom is -0.371 e. The summed E-state index contributed by atoms with van der Waals surface area (Å²) in [5.41, 5.74) is 2.84. The van der Waals surface area contributed by atoms with Gasteiger partial charge in [0.25, 0.3) is 0 Å². The third-order valence-corrected chi connectivity index (χ3v) is 4.30. The molecule has 0 saturated carbocycles. The number of hydrogen-bond donors (Lipinski definition) is 1. The third kappa shape index (κ3) is 4.50. The molecule has 1 aromatic carbocycles. The predicted octanol–water partition coefficient (Wildman–Crippen LogP) is 4.33. The maximum atomic E-state index is 3.59. The Kier molecular flexibility index (Phi) is 6.18. The molecule has 0 bridgehead atoms. The van der Waals surface area contributed by atoms with Crippen LogP contribution >= 0.6 is 15.9 Å². The highest BCUT2D eigenvalue weighted by Crippen LogP contribution is 2.26. The maximum absolute atomic E-state index is 3.59. The van der Waals surface area contributed by atoms with Crippen molar-refractivity contribution in [2.24, 2.45) is 0 Å². The first-order valence-corrected chi connectivity index (χ1v) is 8.34. The Morgan fingerprint density at radius 2 is 1.79 bits per heavy atom. The summed E-state index contributed by atoms with van der Waals surface area (Å²) in [5.74, 6) is 0. The minimum absolute atomic E-state index is 0.960. The van der Waals surface area contributed by atoms with E-state index in [-0.39, 0.29) is 0 Å². The van der Waals surface area contributed by atoms with Crippen LogP contribution in [0.3, 0.4) is 0 Å². The molecule has 1 aliphatic heterocycles. The molecule has 1 heterocycles. The van der Waals surface area contributed by atoms with Gasteiger partial charge in [-0.3, -0.25) is 0 Å². The molecule has 1 aromatic rings. The highest BCUT2D eigenvalue weighted by atomic mass is 79.9. The SMILES string of the molecule is CCNCc1cc(Br)ccc1N1CCCCCCC1. The average molecular weight is 325 g/mol. The van der Waals surface area contributed by atoms with Crippen LogP contribution in [0.15, 0.2) is 22.7 Å². The molecule has 1 saturated heterocycles. The zero-order chi connectivity index (χ0) is 13.5. The van der Waals surface area contributed by atoms with Gasteiger partial charge in [-0.1, -0.05) is 42.1 Å². The standard InChI is InChI=1S/C16H25BrN2/c1-2-18-13-14-12-15(17)8-9-16(14)19-10-6-4-3-5-7-11-19/h8-9,12,18H,2-7,10-11,13H2,1H3. The molecule has 3 heteroatoms. The third-order valence-electron chi connectivity index (χ3n) is 3.80. The van der Waals surface area contributed by atoms with E-state index >= 15 is 0 Å². The lowest BCUT2D eigenvalue weighted by atomic mass is 10.1. The van der Waals surface area contributed by atoms with Gasteiger partial charge in [-0.05, 0) is 43.1 Å². The van der Waals surface area contributed by atoms with Gasteiger partial charge in [0.05, 0.1) is 0 Å². The first kappa shape index (κ1) is 14.9. The second-order valence-corrected chi connectivity index (χ2v) is 6.22. The normalized spacial score (nSPS) is 17.1. The van der Waals surface area contributed by atoms with Crippen LogP contribution in [-0.4, -0.2) is 19.6 Å². The highest BCUT2D eigenvalue weighted by Gasteiger charge is 2.13. The number of hydrogen-bond acceptors (Lipinski definition) is 2. The van der Waals surface area contributed by atoms with Gasteiger partial charge in [0, 0.05) is 29.8 Å². The van der Waals surface area contributed by atoms with Crippen LogP contribution in [0.25, 0.3) is 0 Å². The lowest BCUT2D eigenvalue weighted by Crippen LogP contribution is -2.28. The Labute approximate surface area is 125 Å². The van der Waals surface area contributed by atoms with Gasteiger partial charge >= 0.3 is 0 Å². The van der Waals surface area contributed by atoms with Crippen LogP contribution in [0.1, 0.15) is 44.6 Å². The molecule has 1 aliphatic rings. The summed E-state index contributed by atoms with van der Waals surface area (Å²) in [4.78, 5) is 2.58. The Morgan fingerprint density at radius 1 is 1.11 bits per heavy atom. The van der Waals surface area contributed by atoms with Gasteiger partial charge < -0.3 is 10.2 Å². The topological polar surface area (TPSA) is 15.3 Å². The molecule has 106 valence electrons. The molecule has 2 rings (SSSR count). The number of benzene rings is 1. The largest absolute Gasteiger partial charge is 0.371 e. The number of anilines is 1. The second-order valence-electron chi connectivity index (χ2n) is 5.31. The number of nitrogens with one attached hydrogen (secondary N) is 1. The summed E-state index contributed by atoms with van der Waals surface area (Å²) >= 11 is 3.59. The van der Waals surface area contributed by atoms with E-state index in [0.717, 1.165) is 13.1 Å². The van der Waals surface area contributed by atoms with Gasteiger partial charge in [-0.15, -0.1) is 0 Å². The molecule has 2 nitrogen and oxygen atoms in total. The van der Waals surface area contributed by atoms with E-state index in [0.29, 0.717) is 0 Å². The fraction of sp³-hybridized carbons (Fsp3) is 0.625. The predicted molar refractivity (Wildman–Crippen MR) is 86.8 cm³/mol. The first-order valence-electron chi connectivity index (χ1n) is 7.55. The lowest BCUT2D eigenvalue weighted by Gasteiger charge is -2.29. The van der Waals surface area contributed by atoms with E-state index in [4.69, 9.17) is 0 Å². The van der Waals surface area contributed by atoms with Crippen molar-refractivity contribution in [1.82, 2.24) is 5.32 Å². The van der Waals surface area contributed by atoms with Gasteiger partial charge in [0.2, 0.25) is 0 Å². The summed E-state index contributed by atoms with van der Waals surface area (Å²) in [6.45, 7) is 6.56. The molecule has 0 unspecified atom stereocenters. The van der Waals surface area contributed by atoms with Crippen molar-refractivity contribution >= 4 is 21.6 Å². The van der Waals surface area contributed by atoms with Gasteiger partial charge in [-0.2, -0.15) is 0 Å². The average Bonchev–Trinajstić information content (AvgIpc) is 2.37. The smallest absolute Gasteiger partial charge is 0.0412 e. The zero-order valence-electron chi connectivity index (χ0n) is 11.9. The van der Waals surface area contributed by atoms with Crippen molar-refractivity contribution in [3.63, 3.8) is 0 Å². The fourth-order valence-electron chi connectivity index (χ4n) is 2.75. The highest BCUT2D eigenvalue weighted by molar-refractivity contribution is 9.10. The van der Waals surface area contributed by atoms with Crippen LogP contribution in [0.4, 0.5) is 5.69 Å². The summed E-state index contributed by atoms with van der Waals surface area (Å²) in [5, 5.41) is 3.45. The van der Waals surface area contributed by atoms with Gasteiger partial charge in [-0.25, -0.2) is 0 Å². The summed E-state index contributed by atoms with van der Waals surface area (Å²) in [6, 6.07) is 6.71. The molecule has 0 spiro atoms. The fourth-order valence-corrected chi connectivity index (χ4v) is 3.16. The van der Waals surface area contributed by atoms with Crippen molar-refractivity contribution < 1.29 is 0 Å². The molecule has 0 aromatic heterocycles. The molecule has 0 atom stereocenters. The lowest BCUT2D eigenvalue weighted by molar-refractivity contribution is 0.555. The second kappa shape index (κ2) is 7.91. The zero-order valence-corrected chi connectivity index (χ0v) is 13.5. The number of halogens is 1. The van der Waals surface area contributed by atoms with Crippen LogP contribution in [0, 0.1) is 0 Å². The molecule has 1 N–H and O–H groups in total. The summed E-state index contributed by atoms with van der Waals surface area (Å²) in [7, 11) is 0.